The molecule has 0 aliphatic carbocycles. The van der Waals surface area contributed by atoms with Crippen LogP contribution >= 0.6 is 0 Å². The lowest BCUT2D eigenvalue weighted by atomic mass is 9.81. The summed E-state index contributed by atoms with van der Waals surface area (Å²) in [6.45, 7) is 8.55. The third kappa shape index (κ3) is 6.70. The number of carbonyl (C=O) groups is 1. The van der Waals surface area contributed by atoms with Crippen molar-refractivity contribution in [1.82, 2.24) is 0 Å². The maximum absolute atomic E-state index is 11.3. The molecule has 3 unspecified atom stereocenters. The van der Waals surface area contributed by atoms with Gasteiger partial charge >= 0.3 is 5.97 Å². The molecule has 1 N–H and O–H groups in total. The van der Waals surface area contributed by atoms with Crippen LogP contribution in [0.3, 0.4) is 0 Å². The van der Waals surface area contributed by atoms with Gasteiger partial charge in [-0.3, -0.25) is 4.79 Å². The van der Waals surface area contributed by atoms with E-state index in [9.17, 15) is 9.90 Å². The van der Waals surface area contributed by atoms with Crippen molar-refractivity contribution in [2.75, 3.05) is 0 Å². The van der Waals surface area contributed by atoms with E-state index in [0.717, 1.165) is 12.8 Å². The van der Waals surface area contributed by atoms with Crippen LogP contribution in [0.1, 0.15) is 72.6 Å². The maximum Gasteiger partial charge on any atom is 0.306 e. The molecule has 0 heterocycles. The lowest BCUT2D eigenvalue weighted by Gasteiger charge is -2.24. The van der Waals surface area contributed by atoms with Gasteiger partial charge in [0, 0.05) is 0 Å². The summed E-state index contributed by atoms with van der Waals surface area (Å²) in [4.78, 5) is 11.3. The second kappa shape index (κ2) is 9.49. The van der Waals surface area contributed by atoms with Crippen molar-refractivity contribution in [3.05, 3.63) is 0 Å². The van der Waals surface area contributed by atoms with Gasteiger partial charge in [0.05, 0.1) is 5.92 Å². The van der Waals surface area contributed by atoms with Crippen LogP contribution in [0.15, 0.2) is 0 Å². The molecule has 0 spiro atoms. The van der Waals surface area contributed by atoms with Crippen molar-refractivity contribution in [3.63, 3.8) is 0 Å². The second-order valence-corrected chi connectivity index (χ2v) is 5.36. The Hall–Kier alpha value is -0.530. The zero-order chi connectivity index (χ0) is 13.3. The minimum Gasteiger partial charge on any atom is -0.481 e. The number of hydrogen-bond donors (Lipinski definition) is 1. The monoisotopic (exact) mass is 242 g/mol. The molecule has 0 fully saturated rings. The normalized spacial score (nSPS) is 16.5. The molecule has 102 valence electrons. The highest BCUT2D eigenvalue weighted by Gasteiger charge is 2.26. The Morgan fingerprint density at radius 3 is 2.18 bits per heavy atom. The third-order valence-corrected chi connectivity index (χ3v) is 3.90. The fourth-order valence-corrected chi connectivity index (χ4v) is 2.50. The van der Waals surface area contributed by atoms with Gasteiger partial charge in [0.25, 0.3) is 0 Å². The molecule has 0 aromatic carbocycles. The van der Waals surface area contributed by atoms with Crippen LogP contribution in [0.5, 0.6) is 0 Å². The summed E-state index contributed by atoms with van der Waals surface area (Å²) < 4.78 is 0. The molecular weight excluding hydrogens is 212 g/mol. The highest BCUT2D eigenvalue weighted by Crippen LogP contribution is 2.28. The van der Waals surface area contributed by atoms with E-state index in [4.69, 9.17) is 0 Å². The Bertz CT molecular complexity index is 201. The van der Waals surface area contributed by atoms with E-state index in [1.807, 2.05) is 0 Å². The first-order chi connectivity index (χ1) is 8.06. The van der Waals surface area contributed by atoms with Crippen LogP contribution in [-0.2, 0) is 4.79 Å². The van der Waals surface area contributed by atoms with Crippen molar-refractivity contribution < 1.29 is 9.90 Å². The Morgan fingerprint density at radius 1 is 1.12 bits per heavy atom. The predicted molar refractivity (Wildman–Crippen MR) is 73.1 cm³/mol. The van der Waals surface area contributed by atoms with Crippen LogP contribution in [0.25, 0.3) is 0 Å². The second-order valence-electron chi connectivity index (χ2n) is 5.36. The minimum absolute atomic E-state index is 0.145. The van der Waals surface area contributed by atoms with Gasteiger partial charge in [-0.2, -0.15) is 0 Å². The van der Waals surface area contributed by atoms with Gasteiger partial charge in [-0.05, 0) is 18.3 Å². The summed E-state index contributed by atoms with van der Waals surface area (Å²) in [6, 6.07) is 0. The molecule has 0 saturated heterocycles. The van der Waals surface area contributed by atoms with Gasteiger partial charge in [0.15, 0.2) is 0 Å². The Labute approximate surface area is 107 Å². The molecule has 2 nitrogen and oxygen atoms in total. The average molecular weight is 242 g/mol. The van der Waals surface area contributed by atoms with Gasteiger partial charge < -0.3 is 5.11 Å². The Morgan fingerprint density at radius 2 is 1.76 bits per heavy atom. The standard InChI is InChI=1S/C15H30O2/c1-5-8-10-13(9-6-2)11-14(15(16)17)12(4)7-3/h12-14H,5-11H2,1-4H3,(H,16,17). The quantitative estimate of drug-likeness (QED) is 0.601. The molecule has 0 rings (SSSR count). The van der Waals surface area contributed by atoms with E-state index in [-0.39, 0.29) is 5.92 Å². The topological polar surface area (TPSA) is 37.3 Å². The van der Waals surface area contributed by atoms with Crippen molar-refractivity contribution in [1.29, 1.82) is 0 Å². The van der Waals surface area contributed by atoms with E-state index in [1.165, 1.54) is 32.1 Å². The van der Waals surface area contributed by atoms with Crippen LogP contribution in [0.2, 0.25) is 0 Å². The van der Waals surface area contributed by atoms with Crippen molar-refractivity contribution in [3.8, 4) is 0 Å². The number of hydrogen-bond acceptors (Lipinski definition) is 1. The van der Waals surface area contributed by atoms with Crippen LogP contribution in [0.4, 0.5) is 0 Å². The number of carboxylic acids is 1. The first kappa shape index (κ1) is 16.5. The van der Waals surface area contributed by atoms with Crippen LogP contribution < -0.4 is 0 Å². The summed E-state index contributed by atoms with van der Waals surface area (Å²) in [7, 11) is 0. The summed E-state index contributed by atoms with van der Waals surface area (Å²) in [6.07, 6.45) is 7.83. The largest absolute Gasteiger partial charge is 0.481 e. The molecule has 0 aromatic rings. The first-order valence-electron chi connectivity index (χ1n) is 7.29. The van der Waals surface area contributed by atoms with Crippen LogP contribution in [-0.4, -0.2) is 11.1 Å². The van der Waals surface area contributed by atoms with E-state index >= 15 is 0 Å². The number of unbranched alkanes of at least 4 members (excludes halogenated alkanes) is 1. The molecule has 3 atom stereocenters. The average Bonchev–Trinajstić information content (AvgIpc) is 2.31. The van der Waals surface area contributed by atoms with Gasteiger partial charge in [-0.15, -0.1) is 0 Å². The summed E-state index contributed by atoms with van der Waals surface area (Å²) in [5.74, 6) is 0.161. The SMILES string of the molecule is CCCCC(CCC)CC(C(=O)O)C(C)CC. The van der Waals surface area contributed by atoms with Gasteiger partial charge in [0.2, 0.25) is 0 Å². The van der Waals surface area contributed by atoms with Crippen molar-refractivity contribution in [2.24, 2.45) is 17.8 Å². The third-order valence-electron chi connectivity index (χ3n) is 3.90. The van der Waals surface area contributed by atoms with Gasteiger partial charge in [-0.25, -0.2) is 0 Å². The lowest BCUT2D eigenvalue weighted by molar-refractivity contribution is -0.144. The molecular formula is C15H30O2. The molecule has 17 heavy (non-hydrogen) atoms. The smallest absolute Gasteiger partial charge is 0.306 e. The molecule has 0 saturated carbocycles. The molecule has 0 amide bonds. The molecule has 0 bridgehead atoms. The number of aliphatic carboxylic acids is 1. The first-order valence-corrected chi connectivity index (χ1v) is 7.29. The van der Waals surface area contributed by atoms with Crippen molar-refractivity contribution in [2.45, 2.75) is 72.6 Å². The number of carboxylic acid groups (broad SMARTS) is 1. The summed E-state index contributed by atoms with van der Waals surface area (Å²) >= 11 is 0. The molecule has 0 aromatic heterocycles. The molecule has 2 heteroatoms. The number of rotatable bonds is 10. The minimum atomic E-state index is -0.600. The molecule has 0 aliphatic heterocycles. The highest BCUT2D eigenvalue weighted by molar-refractivity contribution is 5.70. The fourth-order valence-electron chi connectivity index (χ4n) is 2.50. The van der Waals surface area contributed by atoms with E-state index in [1.54, 1.807) is 0 Å². The van der Waals surface area contributed by atoms with Gasteiger partial charge in [-0.1, -0.05) is 66.2 Å². The zero-order valence-electron chi connectivity index (χ0n) is 12.0. The molecule has 0 aliphatic rings. The zero-order valence-corrected chi connectivity index (χ0v) is 12.0. The molecule has 0 radical (unpaired) electrons. The van der Waals surface area contributed by atoms with E-state index in [0.29, 0.717) is 11.8 Å². The van der Waals surface area contributed by atoms with Crippen molar-refractivity contribution >= 4 is 5.97 Å². The van der Waals surface area contributed by atoms with Crippen LogP contribution in [0, 0.1) is 17.8 Å². The summed E-state index contributed by atoms with van der Waals surface area (Å²) in [5.41, 5.74) is 0. The van der Waals surface area contributed by atoms with E-state index < -0.39 is 5.97 Å². The predicted octanol–water partition coefficient (Wildman–Crippen LogP) is 4.73. The maximum atomic E-state index is 11.3. The Balaban J connectivity index is 4.38. The highest BCUT2D eigenvalue weighted by atomic mass is 16.4. The Kier molecular flexibility index (Phi) is 9.20. The van der Waals surface area contributed by atoms with E-state index in [2.05, 4.69) is 27.7 Å². The summed E-state index contributed by atoms with van der Waals surface area (Å²) in [5, 5.41) is 9.32. The lowest BCUT2D eigenvalue weighted by Crippen LogP contribution is -2.24. The fraction of sp³-hybridized carbons (Fsp3) is 0.933. The van der Waals surface area contributed by atoms with Gasteiger partial charge in [0.1, 0.15) is 0 Å².